The van der Waals surface area contributed by atoms with E-state index in [9.17, 15) is 0 Å². The molecule has 0 aromatic carbocycles. The quantitative estimate of drug-likeness (QED) is 0.735. The second kappa shape index (κ2) is 7.38. The molecule has 1 N–H and O–H groups in total. The lowest BCUT2D eigenvalue weighted by Crippen LogP contribution is -2.42. The molecule has 0 saturated carbocycles. The van der Waals surface area contributed by atoms with Crippen molar-refractivity contribution in [3.63, 3.8) is 0 Å². The molecular formula is C15H32N2. The van der Waals surface area contributed by atoms with Crippen LogP contribution in [0.15, 0.2) is 0 Å². The Morgan fingerprint density at radius 2 is 1.82 bits per heavy atom. The second-order valence-electron chi connectivity index (χ2n) is 6.06. The molecule has 0 aromatic heterocycles. The van der Waals surface area contributed by atoms with Crippen LogP contribution in [0.4, 0.5) is 0 Å². The number of likely N-dealkylation sites (tertiary alicyclic amines) is 1. The third-order valence-corrected chi connectivity index (χ3v) is 4.51. The first-order valence-electron chi connectivity index (χ1n) is 7.55. The highest BCUT2D eigenvalue weighted by atomic mass is 15.2. The van der Waals surface area contributed by atoms with Crippen LogP contribution in [0.5, 0.6) is 0 Å². The Balaban J connectivity index is 2.27. The maximum Gasteiger partial charge on any atom is 0.0192 e. The van der Waals surface area contributed by atoms with Crippen LogP contribution in [0.1, 0.15) is 53.9 Å². The van der Waals surface area contributed by atoms with Crippen molar-refractivity contribution in [2.45, 2.75) is 66.0 Å². The van der Waals surface area contributed by atoms with Crippen LogP contribution >= 0.6 is 0 Å². The Morgan fingerprint density at radius 1 is 1.18 bits per heavy atom. The molecular weight excluding hydrogens is 208 g/mol. The van der Waals surface area contributed by atoms with Crippen LogP contribution < -0.4 is 5.32 Å². The van der Waals surface area contributed by atoms with E-state index in [0.717, 1.165) is 18.4 Å². The molecule has 2 atom stereocenters. The van der Waals surface area contributed by atoms with Crippen molar-refractivity contribution < 1.29 is 0 Å². The van der Waals surface area contributed by atoms with Crippen LogP contribution in [-0.4, -0.2) is 36.6 Å². The van der Waals surface area contributed by atoms with Crippen molar-refractivity contribution in [3.8, 4) is 0 Å². The fourth-order valence-electron chi connectivity index (χ4n) is 2.80. The fourth-order valence-corrected chi connectivity index (χ4v) is 2.80. The molecule has 2 heteroatoms. The van der Waals surface area contributed by atoms with Gasteiger partial charge in [0.15, 0.2) is 0 Å². The lowest BCUT2D eigenvalue weighted by molar-refractivity contribution is 0.227. The van der Waals surface area contributed by atoms with Crippen molar-refractivity contribution in [2.24, 2.45) is 11.8 Å². The predicted octanol–water partition coefficient (Wildman–Crippen LogP) is 3.13. The summed E-state index contributed by atoms with van der Waals surface area (Å²) in [6.45, 7) is 15.4. The van der Waals surface area contributed by atoms with Crippen molar-refractivity contribution in [2.75, 3.05) is 19.6 Å². The summed E-state index contributed by atoms with van der Waals surface area (Å²) in [5, 5.41) is 3.70. The minimum Gasteiger partial charge on any atom is -0.312 e. The largest absolute Gasteiger partial charge is 0.312 e. The highest BCUT2D eigenvalue weighted by molar-refractivity contribution is 4.82. The van der Waals surface area contributed by atoms with Gasteiger partial charge in [-0.2, -0.15) is 0 Å². The Labute approximate surface area is 108 Å². The van der Waals surface area contributed by atoms with E-state index in [4.69, 9.17) is 0 Å². The number of nitrogens with zero attached hydrogens (tertiary/aromatic N) is 1. The molecule has 0 aliphatic carbocycles. The molecule has 0 bridgehead atoms. The van der Waals surface area contributed by atoms with E-state index in [2.05, 4.69) is 44.8 Å². The SMILES string of the molecule is CCC(CC)NCC(C)N1CCC(C(C)C)C1. The molecule has 102 valence electrons. The van der Waals surface area contributed by atoms with Gasteiger partial charge in [-0.05, 0) is 44.6 Å². The van der Waals surface area contributed by atoms with Gasteiger partial charge >= 0.3 is 0 Å². The summed E-state index contributed by atoms with van der Waals surface area (Å²) in [5.74, 6) is 1.77. The molecule has 0 amide bonds. The van der Waals surface area contributed by atoms with Crippen molar-refractivity contribution in [3.05, 3.63) is 0 Å². The third kappa shape index (κ3) is 4.59. The fraction of sp³-hybridized carbons (Fsp3) is 1.00. The maximum atomic E-state index is 3.70. The van der Waals surface area contributed by atoms with E-state index >= 15 is 0 Å². The average molecular weight is 240 g/mol. The Bertz CT molecular complexity index is 199. The molecule has 1 aliphatic heterocycles. The third-order valence-electron chi connectivity index (χ3n) is 4.51. The van der Waals surface area contributed by atoms with E-state index < -0.39 is 0 Å². The first-order chi connectivity index (χ1) is 8.08. The van der Waals surface area contributed by atoms with Crippen molar-refractivity contribution in [1.82, 2.24) is 10.2 Å². The average Bonchev–Trinajstić information content (AvgIpc) is 2.79. The molecule has 0 spiro atoms. The first-order valence-corrected chi connectivity index (χ1v) is 7.55. The van der Waals surface area contributed by atoms with Crippen LogP contribution in [-0.2, 0) is 0 Å². The van der Waals surface area contributed by atoms with E-state index in [1.54, 1.807) is 0 Å². The topological polar surface area (TPSA) is 15.3 Å². The molecule has 1 heterocycles. The summed E-state index contributed by atoms with van der Waals surface area (Å²) in [6, 6.07) is 1.40. The standard InChI is InChI=1S/C15H32N2/c1-6-15(7-2)16-10-13(5)17-9-8-14(11-17)12(3)4/h12-16H,6-11H2,1-5H3. The summed E-state index contributed by atoms with van der Waals surface area (Å²) in [4.78, 5) is 2.67. The monoisotopic (exact) mass is 240 g/mol. The number of hydrogen-bond donors (Lipinski definition) is 1. The van der Waals surface area contributed by atoms with Gasteiger partial charge in [0.05, 0.1) is 0 Å². The minimum atomic E-state index is 0.694. The molecule has 1 saturated heterocycles. The van der Waals surface area contributed by atoms with Crippen LogP contribution in [0, 0.1) is 11.8 Å². The van der Waals surface area contributed by atoms with Crippen LogP contribution in [0.3, 0.4) is 0 Å². The number of hydrogen-bond acceptors (Lipinski definition) is 2. The normalized spacial score (nSPS) is 23.8. The highest BCUT2D eigenvalue weighted by Gasteiger charge is 2.27. The predicted molar refractivity (Wildman–Crippen MR) is 76.4 cm³/mol. The summed E-state index contributed by atoms with van der Waals surface area (Å²) >= 11 is 0. The Kier molecular flexibility index (Phi) is 6.50. The molecule has 1 rings (SSSR count). The van der Waals surface area contributed by atoms with Crippen molar-refractivity contribution >= 4 is 0 Å². The van der Waals surface area contributed by atoms with E-state index in [1.165, 1.54) is 32.4 Å². The van der Waals surface area contributed by atoms with E-state index in [-0.39, 0.29) is 0 Å². The van der Waals surface area contributed by atoms with Crippen LogP contribution in [0.2, 0.25) is 0 Å². The molecule has 17 heavy (non-hydrogen) atoms. The Morgan fingerprint density at radius 3 is 2.29 bits per heavy atom. The van der Waals surface area contributed by atoms with Gasteiger partial charge in [-0.1, -0.05) is 27.7 Å². The summed E-state index contributed by atoms with van der Waals surface area (Å²) < 4.78 is 0. The van der Waals surface area contributed by atoms with Crippen LogP contribution in [0.25, 0.3) is 0 Å². The van der Waals surface area contributed by atoms with Gasteiger partial charge in [0.1, 0.15) is 0 Å². The smallest absolute Gasteiger partial charge is 0.0192 e. The molecule has 0 aromatic rings. The van der Waals surface area contributed by atoms with E-state index in [0.29, 0.717) is 12.1 Å². The molecule has 2 unspecified atom stereocenters. The van der Waals surface area contributed by atoms with Gasteiger partial charge in [0.2, 0.25) is 0 Å². The van der Waals surface area contributed by atoms with Gasteiger partial charge in [-0.3, -0.25) is 4.90 Å². The molecule has 1 fully saturated rings. The maximum absolute atomic E-state index is 3.70. The molecule has 0 radical (unpaired) electrons. The van der Waals surface area contributed by atoms with Gasteiger partial charge in [0.25, 0.3) is 0 Å². The minimum absolute atomic E-state index is 0.694. The zero-order valence-electron chi connectivity index (χ0n) is 12.5. The van der Waals surface area contributed by atoms with Gasteiger partial charge in [-0.25, -0.2) is 0 Å². The Hall–Kier alpha value is -0.0800. The molecule has 2 nitrogen and oxygen atoms in total. The lowest BCUT2D eigenvalue weighted by Gasteiger charge is -2.27. The summed E-state index contributed by atoms with van der Waals surface area (Å²) in [6.07, 6.45) is 3.89. The summed E-state index contributed by atoms with van der Waals surface area (Å²) in [7, 11) is 0. The zero-order chi connectivity index (χ0) is 12.8. The first kappa shape index (κ1) is 15.0. The highest BCUT2D eigenvalue weighted by Crippen LogP contribution is 2.24. The lowest BCUT2D eigenvalue weighted by atomic mass is 9.95. The number of rotatable bonds is 7. The molecule has 1 aliphatic rings. The number of nitrogens with one attached hydrogen (secondary N) is 1. The van der Waals surface area contributed by atoms with Crippen molar-refractivity contribution in [1.29, 1.82) is 0 Å². The van der Waals surface area contributed by atoms with Gasteiger partial charge in [-0.15, -0.1) is 0 Å². The summed E-state index contributed by atoms with van der Waals surface area (Å²) in [5.41, 5.74) is 0. The van der Waals surface area contributed by atoms with Gasteiger partial charge < -0.3 is 5.32 Å². The van der Waals surface area contributed by atoms with E-state index in [1.807, 2.05) is 0 Å². The van der Waals surface area contributed by atoms with Gasteiger partial charge in [0, 0.05) is 25.2 Å². The second-order valence-corrected chi connectivity index (χ2v) is 6.06. The zero-order valence-corrected chi connectivity index (χ0v) is 12.5.